The van der Waals surface area contributed by atoms with Crippen molar-refractivity contribution in [3.8, 4) is 17.2 Å². The van der Waals surface area contributed by atoms with Crippen LogP contribution in [0.2, 0.25) is 0 Å². The largest absolute Gasteiger partial charge is 0.497 e. The Balaban J connectivity index is 1.79. The van der Waals surface area contributed by atoms with Gasteiger partial charge in [0, 0.05) is 43.1 Å². The first-order valence-corrected chi connectivity index (χ1v) is 11.2. The molecule has 2 aliphatic rings. The summed E-state index contributed by atoms with van der Waals surface area (Å²) in [5.41, 5.74) is 1.46. The summed E-state index contributed by atoms with van der Waals surface area (Å²) in [6.45, 7) is 6.37. The van der Waals surface area contributed by atoms with E-state index >= 15 is 0 Å². The zero-order valence-electron chi connectivity index (χ0n) is 18.9. The number of fused-ring (bicyclic) bond motifs is 3. The summed E-state index contributed by atoms with van der Waals surface area (Å²) in [5, 5.41) is 0. The highest BCUT2D eigenvalue weighted by Gasteiger charge is 2.41. The van der Waals surface area contributed by atoms with Crippen molar-refractivity contribution in [2.75, 3.05) is 40.0 Å². The molecule has 2 amide bonds. The number of carbonyl (C=O) groups is 2. The Morgan fingerprint density at radius 2 is 2.00 bits per heavy atom. The van der Waals surface area contributed by atoms with Crippen molar-refractivity contribution in [2.45, 2.75) is 26.3 Å². The van der Waals surface area contributed by atoms with Crippen molar-refractivity contribution in [1.82, 2.24) is 9.80 Å². The highest BCUT2D eigenvalue weighted by atomic mass is 16.5. The van der Waals surface area contributed by atoms with Crippen LogP contribution in [0.1, 0.15) is 42.2 Å². The molecule has 2 atom stereocenters. The van der Waals surface area contributed by atoms with Crippen molar-refractivity contribution >= 4 is 11.8 Å². The van der Waals surface area contributed by atoms with E-state index in [2.05, 4.69) is 0 Å². The van der Waals surface area contributed by atoms with Crippen molar-refractivity contribution in [3.63, 3.8) is 0 Å². The molecule has 0 radical (unpaired) electrons. The lowest BCUT2D eigenvalue weighted by Crippen LogP contribution is -2.51. The molecule has 2 aliphatic heterocycles. The van der Waals surface area contributed by atoms with E-state index in [-0.39, 0.29) is 30.2 Å². The molecule has 0 unspecified atom stereocenters. The number of rotatable bonds is 5. The molecule has 4 rings (SSSR count). The molecule has 0 saturated carbocycles. The quantitative estimate of drug-likeness (QED) is 0.714. The number of hydrogen-bond donors (Lipinski definition) is 0. The first kappa shape index (κ1) is 22.0. The number of ether oxygens (including phenoxy) is 3. The Labute approximate surface area is 188 Å². The molecular formula is C25H30N2O5. The number of nitrogens with zero attached hydrogens (tertiary/aromatic N) is 2. The van der Waals surface area contributed by atoms with Crippen LogP contribution in [0, 0.1) is 5.92 Å². The van der Waals surface area contributed by atoms with Gasteiger partial charge in [0.25, 0.3) is 5.91 Å². The third kappa shape index (κ3) is 4.11. The summed E-state index contributed by atoms with van der Waals surface area (Å²) < 4.78 is 17.3. The van der Waals surface area contributed by atoms with Crippen molar-refractivity contribution in [1.29, 1.82) is 0 Å². The van der Waals surface area contributed by atoms with Crippen LogP contribution in [0.4, 0.5) is 0 Å². The number of para-hydroxylation sites is 1. The average molecular weight is 439 g/mol. The topological polar surface area (TPSA) is 68.3 Å². The van der Waals surface area contributed by atoms with E-state index in [1.54, 1.807) is 19.2 Å². The fourth-order valence-corrected chi connectivity index (χ4v) is 4.65. The fourth-order valence-electron chi connectivity index (χ4n) is 4.65. The standard InChI is InChI=1S/C25H30N2O5/c1-4-26-15-18-16-32-24-20(10-7-11-21(24)31-5-2)23(18)27(13-12-22(26)28)25(29)17-8-6-9-19(14-17)30-3/h6-11,14,18,23H,4-5,12-13,15-16H2,1-3H3/t18-,23-/m0/s1. The Hall–Kier alpha value is -3.22. The van der Waals surface area contributed by atoms with Gasteiger partial charge in [0.1, 0.15) is 5.75 Å². The van der Waals surface area contributed by atoms with Crippen LogP contribution in [0.15, 0.2) is 42.5 Å². The Morgan fingerprint density at radius 3 is 2.75 bits per heavy atom. The van der Waals surface area contributed by atoms with Crippen LogP contribution < -0.4 is 14.2 Å². The maximum atomic E-state index is 13.7. The molecule has 32 heavy (non-hydrogen) atoms. The van der Waals surface area contributed by atoms with Gasteiger partial charge in [0.15, 0.2) is 11.5 Å². The van der Waals surface area contributed by atoms with Gasteiger partial charge in [-0.2, -0.15) is 0 Å². The number of hydrogen-bond acceptors (Lipinski definition) is 5. The minimum atomic E-state index is -0.222. The molecular weight excluding hydrogens is 408 g/mol. The van der Waals surface area contributed by atoms with Crippen molar-refractivity contribution in [3.05, 3.63) is 53.6 Å². The first-order valence-electron chi connectivity index (χ1n) is 11.2. The summed E-state index contributed by atoms with van der Waals surface area (Å²) in [4.78, 5) is 30.2. The summed E-state index contributed by atoms with van der Waals surface area (Å²) in [6.07, 6.45) is 0.286. The molecule has 7 nitrogen and oxygen atoms in total. The highest BCUT2D eigenvalue weighted by molar-refractivity contribution is 5.95. The third-order valence-electron chi connectivity index (χ3n) is 6.19. The van der Waals surface area contributed by atoms with Gasteiger partial charge < -0.3 is 24.0 Å². The minimum absolute atomic E-state index is 0.0434. The van der Waals surface area contributed by atoms with Crippen LogP contribution in [-0.4, -0.2) is 61.6 Å². The normalized spacial score (nSPS) is 20.4. The smallest absolute Gasteiger partial charge is 0.254 e. The van der Waals surface area contributed by atoms with Gasteiger partial charge in [-0.15, -0.1) is 0 Å². The maximum Gasteiger partial charge on any atom is 0.254 e. The lowest BCUT2D eigenvalue weighted by Gasteiger charge is -2.44. The molecule has 2 aromatic rings. The van der Waals surface area contributed by atoms with E-state index in [1.165, 1.54) is 0 Å². The van der Waals surface area contributed by atoms with Crippen LogP contribution in [0.3, 0.4) is 0 Å². The molecule has 0 aliphatic carbocycles. The van der Waals surface area contributed by atoms with Crippen molar-refractivity contribution in [2.24, 2.45) is 5.92 Å². The Kier molecular flexibility index (Phi) is 6.53. The summed E-state index contributed by atoms with van der Waals surface area (Å²) in [7, 11) is 1.58. The van der Waals surface area contributed by atoms with E-state index in [0.717, 1.165) is 5.56 Å². The molecule has 0 aromatic heterocycles. The molecule has 0 N–H and O–H groups in total. The SMILES string of the molecule is CCOc1cccc2c1OC[C@@H]1CN(CC)C(=O)CCN(C(=O)c3cccc(OC)c3)[C@H]21. The lowest BCUT2D eigenvalue weighted by molar-refractivity contribution is -0.134. The lowest BCUT2D eigenvalue weighted by atomic mass is 9.87. The van der Waals surface area contributed by atoms with E-state index in [0.29, 0.717) is 55.7 Å². The molecule has 1 fully saturated rings. The van der Waals surface area contributed by atoms with Gasteiger partial charge in [-0.1, -0.05) is 18.2 Å². The zero-order chi connectivity index (χ0) is 22.7. The van der Waals surface area contributed by atoms with Gasteiger partial charge in [-0.25, -0.2) is 0 Å². The summed E-state index contributed by atoms with van der Waals surface area (Å²) >= 11 is 0. The molecule has 1 saturated heterocycles. The number of methoxy groups -OCH3 is 1. The van der Waals surface area contributed by atoms with Gasteiger partial charge in [0.2, 0.25) is 5.91 Å². The second-order valence-corrected chi connectivity index (χ2v) is 8.04. The van der Waals surface area contributed by atoms with Gasteiger partial charge in [-0.05, 0) is 38.1 Å². The van der Waals surface area contributed by atoms with E-state index in [1.807, 2.05) is 54.0 Å². The van der Waals surface area contributed by atoms with Gasteiger partial charge >= 0.3 is 0 Å². The van der Waals surface area contributed by atoms with E-state index in [9.17, 15) is 9.59 Å². The number of benzene rings is 2. The van der Waals surface area contributed by atoms with E-state index < -0.39 is 0 Å². The molecule has 7 heteroatoms. The summed E-state index contributed by atoms with van der Waals surface area (Å²) in [5.74, 6) is 1.89. The fraction of sp³-hybridized carbons (Fsp3) is 0.440. The molecule has 170 valence electrons. The van der Waals surface area contributed by atoms with Crippen LogP contribution >= 0.6 is 0 Å². The third-order valence-corrected chi connectivity index (χ3v) is 6.19. The van der Waals surface area contributed by atoms with Crippen molar-refractivity contribution < 1.29 is 23.8 Å². The molecule has 0 spiro atoms. The van der Waals surface area contributed by atoms with Crippen LogP contribution in [0.25, 0.3) is 0 Å². The maximum absolute atomic E-state index is 13.7. The highest BCUT2D eigenvalue weighted by Crippen LogP contribution is 2.45. The monoisotopic (exact) mass is 438 g/mol. The molecule has 2 heterocycles. The van der Waals surface area contributed by atoms with Crippen LogP contribution in [0.5, 0.6) is 17.2 Å². The van der Waals surface area contributed by atoms with E-state index in [4.69, 9.17) is 14.2 Å². The predicted octanol–water partition coefficient (Wildman–Crippen LogP) is 3.54. The summed E-state index contributed by atoms with van der Waals surface area (Å²) in [6, 6.07) is 12.8. The Morgan fingerprint density at radius 1 is 1.19 bits per heavy atom. The Bertz CT molecular complexity index is 992. The van der Waals surface area contributed by atoms with Gasteiger partial charge in [0.05, 0.1) is 26.4 Å². The number of carbonyl (C=O) groups excluding carboxylic acids is 2. The predicted molar refractivity (Wildman–Crippen MR) is 120 cm³/mol. The second kappa shape index (κ2) is 9.51. The van der Waals surface area contributed by atoms with Gasteiger partial charge in [-0.3, -0.25) is 9.59 Å². The molecule has 2 aromatic carbocycles. The first-order chi connectivity index (χ1) is 15.6. The average Bonchev–Trinajstić information content (AvgIpc) is 2.82. The second-order valence-electron chi connectivity index (χ2n) is 8.04. The zero-order valence-corrected chi connectivity index (χ0v) is 18.9. The van der Waals surface area contributed by atoms with Crippen LogP contribution in [-0.2, 0) is 4.79 Å². The molecule has 0 bridgehead atoms. The number of amides is 2. The minimum Gasteiger partial charge on any atom is -0.497 e.